The Hall–Kier alpha value is -0.510. The summed E-state index contributed by atoms with van der Waals surface area (Å²) in [4.78, 5) is 12.1. The van der Waals surface area contributed by atoms with Gasteiger partial charge in [0.15, 0.2) is 5.78 Å². The van der Waals surface area contributed by atoms with Crippen LogP contribution >= 0.6 is 23.4 Å². The van der Waals surface area contributed by atoms with Crippen LogP contribution in [-0.4, -0.2) is 16.9 Å². The van der Waals surface area contributed by atoms with Crippen molar-refractivity contribution < 1.29 is 4.79 Å². The van der Waals surface area contributed by atoms with E-state index in [1.54, 1.807) is 17.8 Å². The number of thioether (sulfide) groups is 1. The number of hydrogen-bond donors (Lipinski definition) is 1. The van der Waals surface area contributed by atoms with Crippen LogP contribution in [0.25, 0.3) is 0 Å². The molecule has 1 aromatic carbocycles. The maximum Gasteiger partial charge on any atom is 0.169 e. The van der Waals surface area contributed by atoms with Gasteiger partial charge >= 0.3 is 0 Å². The largest absolute Gasteiger partial charge is 0.319 e. The summed E-state index contributed by atoms with van der Waals surface area (Å²) in [6.07, 6.45) is 0. The van der Waals surface area contributed by atoms with Crippen LogP contribution < -0.4 is 5.73 Å². The van der Waals surface area contributed by atoms with Crippen molar-refractivity contribution in [2.24, 2.45) is 11.7 Å². The van der Waals surface area contributed by atoms with Crippen molar-refractivity contribution in [2.75, 3.05) is 5.75 Å². The van der Waals surface area contributed by atoms with Gasteiger partial charge in [0.1, 0.15) is 0 Å². The van der Waals surface area contributed by atoms with E-state index >= 15 is 0 Å². The van der Waals surface area contributed by atoms with Gasteiger partial charge in [0, 0.05) is 22.3 Å². The van der Waals surface area contributed by atoms with Crippen molar-refractivity contribution >= 4 is 29.1 Å². The molecule has 0 amide bonds. The topological polar surface area (TPSA) is 43.1 Å². The number of Topliss-reactive ketones (excluding diaryl/α,β-unsaturated/α-hetero) is 1. The number of carbonyl (C=O) groups excluding carboxylic acids is 1. The zero-order chi connectivity index (χ0) is 10.6. The SMILES string of the molecule is NC1SCC2c3cc(Cl)ccc3C(=O)C12. The summed E-state index contributed by atoms with van der Waals surface area (Å²) in [5.74, 6) is 1.39. The molecule has 0 aromatic heterocycles. The average Bonchev–Trinajstić information content (AvgIpc) is 2.70. The summed E-state index contributed by atoms with van der Waals surface area (Å²) < 4.78 is 0. The van der Waals surface area contributed by atoms with Gasteiger partial charge < -0.3 is 5.73 Å². The van der Waals surface area contributed by atoms with Gasteiger partial charge in [0.25, 0.3) is 0 Å². The van der Waals surface area contributed by atoms with Crippen LogP contribution in [0.3, 0.4) is 0 Å². The second-order valence-corrected chi connectivity index (χ2v) is 5.67. The lowest BCUT2D eigenvalue weighted by atomic mass is 9.94. The Morgan fingerprint density at radius 2 is 2.27 bits per heavy atom. The van der Waals surface area contributed by atoms with Gasteiger partial charge in [-0.15, -0.1) is 11.8 Å². The molecule has 1 saturated heterocycles. The van der Waals surface area contributed by atoms with Gasteiger partial charge in [-0.05, 0) is 23.8 Å². The van der Waals surface area contributed by atoms with Crippen LogP contribution in [0.4, 0.5) is 0 Å². The smallest absolute Gasteiger partial charge is 0.169 e. The number of hydrogen-bond acceptors (Lipinski definition) is 3. The first kappa shape index (κ1) is 9.70. The minimum absolute atomic E-state index is 0.0246. The van der Waals surface area contributed by atoms with E-state index in [1.807, 2.05) is 12.1 Å². The third-order valence-corrected chi connectivity index (χ3v) is 4.70. The molecule has 3 unspecified atom stereocenters. The van der Waals surface area contributed by atoms with Crippen LogP contribution in [0, 0.1) is 5.92 Å². The molecule has 0 saturated carbocycles. The normalized spacial score (nSPS) is 32.9. The fourth-order valence-corrected chi connectivity index (χ4v) is 4.03. The summed E-state index contributed by atoms with van der Waals surface area (Å²) in [6.45, 7) is 0. The standard InChI is InChI=1S/C11H10ClNOS/c12-5-1-2-6-7(3-5)8-4-15-11(13)9(8)10(6)14/h1-3,8-9,11H,4,13H2. The van der Waals surface area contributed by atoms with Crippen molar-refractivity contribution in [3.05, 3.63) is 34.3 Å². The molecule has 3 rings (SSSR count). The molecule has 1 aliphatic carbocycles. The van der Waals surface area contributed by atoms with Gasteiger partial charge in [-0.25, -0.2) is 0 Å². The quantitative estimate of drug-likeness (QED) is 0.755. The Morgan fingerprint density at radius 1 is 1.47 bits per heavy atom. The van der Waals surface area contributed by atoms with Crippen molar-refractivity contribution in [3.8, 4) is 0 Å². The third kappa shape index (κ3) is 1.27. The highest BCUT2D eigenvalue weighted by Gasteiger charge is 2.47. The lowest BCUT2D eigenvalue weighted by Gasteiger charge is -2.10. The molecule has 1 fully saturated rings. The second-order valence-electron chi connectivity index (χ2n) is 4.03. The summed E-state index contributed by atoms with van der Waals surface area (Å²) in [6, 6.07) is 5.52. The summed E-state index contributed by atoms with van der Waals surface area (Å²) >= 11 is 7.62. The molecule has 3 atom stereocenters. The first-order valence-corrected chi connectivity index (χ1v) is 6.32. The Labute approximate surface area is 97.2 Å². The van der Waals surface area contributed by atoms with Gasteiger partial charge in [-0.2, -0.15) is 0 Å². The van der Waals surface area contributed by atoms with Crippen LogP contribution in [0.15, 0.2) is 18.2 Å². The van der Waals surface area contributed by atoms with E-state index < -0.39 is 0 Å². The number of benzene rings is 1. The predicted octanol–water partition coefficient (Wildman–Crippen LogP) is 2.27. The summed E-state index contributed by atoms with van der Waals surface area (Å²) in [5.41, 5.74) is 7.86. The molecular formula is C11H10ClNOS. The summed E-state index contributed by atoms with van der Waals surface area (Å²) in [7, 11) is 0. The first-order valence-electron chi connectivity index (χ1n) is 4.89. The molecule has 0 spiro atoms. The van der Waals surface area contributed by atoms with Crippen LogP contribution in [0.2, 0.25) is 5.02 Å². The van der Waals surface area contributed by atoms with Crippen molar-refractivity contribution in [3.63, 3.8) is 0 Å². The molecule has 2 nitrogen and oxygen atoms in total. The first-order chi connectivity index (χ1) is 7.18. The Morgan fingerprint density at radius 3 is 3.07 bits per heavy atom. The lowest BCUT2D eigenvalue weighted by Crippen LogP contribution is -2.27. The molecule has 15 heavy (non-hydrogen) atoms. The zero-order valence-electron chi connectivity index (χ0n) is 7.94. The lowest BCUT2D eigenvalue weighted by molar-refractivity contribution is 0.0930. The van der Waals surface area contributed by atoms with E-state index in [4.69, 9.17) is 17.3 Å². The van der Waals surface area contributed by atoms with Gasteiger partial charge in [-0.3, -0.25) is 4.79 Å². The van der Waals surface area contributed by atoms with Crippen molar-refractivity contribution in [2.45, 2.75) is 11.3 Å². The Balaban J connectivity index is 2.15. The molecule has 0 bridgehead atoms. The molecule has 2 aliphatic rings. The van der Waals surface area contributed by atoms with Gasteiger partial charge in [0.2, 0.25) is 0 Å². The number of rotatable bonds is 0. The molecule has 2 N–H and O–H groups in total. The number of halogens is 1. The molecule has 1 heterocycles. The number of ketones is 1. The van der Waals surface area contributed by atoms with E-state index in [0.29, 0.717) is 5.02 Å². The van der Waals surface area contributed by atoms with E-state index in [1.165, 1.54) is 0 Å². The highest BCUT2D eigenvalue weighted by atomic mass is 35.5. The van der Waals surface area contributed by atoms with Crippen molar-refractivity contribution in [1.82, 2.24) is 0 Å². The minimum Gasteiger partial charge on any atom is -0.319 e. The molecule has 0 radical (unpaired) electrons. The summed E-state index contributed by atoms with van der Waals surface area (Å²) in [5, 5.41) is 0.654. The van der Waals surface area contributed by atoms with E-state index in [9.17, 15) is 4.79 Å². The van der Waals surface area contributed by atoms with Gasteiger partial charge in [-0.1, -0.05) is 11.6 Å². The molecule has 78 valence electrons. The average molecular weight is 240 g/mol. The van der Waals surface area contributed by atoms with Crippen LogP contribution in [-0.2, 0) is 0 Å². The van der Waals surface area contributed by atoms with Crippen LogP contribution in [0.1, 0.15) is 21.8 Å². The van der Waals surface area contributed by atoms with Crippen molar-refractivity contribution in [1.29, 1.82) is 0 Å². The number of nitrogens with two attached hydrogens (primary N) is 1. The maximum absolute atomic E-state index is 12.1. The van der Waals surface area contributed by atoms with E-state index in [-0.39, 0.29) is 23.0 Å². The Bertz CT molecular complexity index is 448. The predicted molar refractivity (Wildman–Crippen MR) is 62.4 cm³/mol. The van der Waals surface area contributed by atoms with Crippen LogP contribution in [0.5, 0.6) is 0 Å². The fraction of sp³-hybridized carbons (Fsp3) is 0.364. The molecule has 1 aliphatic heterocycles. The third-order valence-electron chi connectivity index (χ3n) is 3.24. The van der Waals surface area contributed by atoms with Gasteiger partial charge in [0.05, 0.1) is 11.3 Å². The molecular weight excluding hydrogens is 230 g/mol. The molecule has 4 heteroatoms. The monoisotopic (exact) mass is 239 g/mol. The Kier molecular flexibility index (Phi) is 2.09. The maximum atomic E-state index is 12.1. The number of carbonyl (C=O) groups is 1. The minimum atomic E-state index is -0.0475. The number of fused-ring (bicyclic) bond motifs is 3. The van der Waals surface area contributed by atoms with E-state index in [0.717, 1.165) is 16.9 Å². The van der Waals surface area contributed by atoms with E-state index in [2.05, 4.69) is 0 Å². The highest BCUT2D eigenvalue weighted by molar-refractivity contribution is 8.00. The second kappa shape index (κ2) is 3.24. The molecule has 1 aromatic rings. The highest BCUT2D eigenvalue weighted by Crippen LogP contribution is 2.49. The zero-order valence-corrected chi connectivity index (χ0v) is 9.52. The fourth-order valence-electron chi connectivity index (χ4n) is 2.51.